The van der Waals surface area contributed by atoms with Crippen LogP contribution in [0.25, 0.3) is 22.7 Å². The van der Waals surface area contributed by atoms with E-state index in [1.54, 1.807) is 12.1 Å². The Hall–Kier alpha value is -3.72. The van der Waals surface area contributed by atoms with Crippen molar-refractivity contribution in [3.8, 4) is 22.7 Å². The van der Waals surface area contributed by atoms with Gasteiger partial charge in [0.2, 0.25) is 0 Å². The molecule has 0 fully saturated rings. The summed E-state index contributed by atoms with van der Waals surface area (Å²) in [6.07, 6.45) is -10.4. The molecule has 0 saturated carbocycles. The highest BCUT2D eigenvalue weighted by atomic mass is 35.5. The number of hydrogen-bond acceptors (Lipinski definition) is 6. The molecular weight excluding hydrogens is 554 g/mol. The highest BCUT2D eigenvalue weighted by Crippen LogP contribution is 2.50. The quantitative estimate of drug-likeness (QED) is 0.202. The zero-order valence-corrected chi connectivity index (χ0v) is 19.5. The van der Waals surface area contributed by atoms with E-state index >= 15 is 0 Å². The Bertz CT molecular complexity index is 1450. The first-order chi connectivity index (χ1) is 17.6. The number of pyridine rings is 1. The summed E-state index contributed by atoms with van der Waals surface area (Å²) in [5.74, 6) is -6.10. The molecule has 7 nitrogen and oxygen atoms in total. The highest BCUT2D eigenvalue weighted by Gasteiger charge is 2.64. The van der Waals surface area contributed by atoms with Crippen LogP contribution in [0.4, 0.5) is 40.8 Å². The first kappa shape index (κ1) is 27.3. The zero-order valence-electron chi connectivity index (χ0n) is 18.7. The van der Waals surface area contributed by atoms with E-state index < -0.39 is 47.1 Å². The van der Waals surface area contributed by atoms with Gasteiger partial charge < -0.3 is 14.9 Å². The van der Waals surface area contributed by atoms with Gasteiger partial charge in [0, 0.05) is 47.3 Å². The summed E-state index contributed by atoms with van der Waals surface area (Å²) >= 11 is 6.16. The lowest BCUT2D eigenvalue weighted by atomic mass is 10.0. The lowest BCUT2D eigenvalue weighted by molar-refractivity contribution is -0.292. The van der Waals surface area contributed by atoms with Crippen molar-refractivity contribution in [2.24, 2.45) is 7.05 Å². The molecular formula is C22H14ClF8N5O2. The fourth-order valence-corrected chi connectivity index (χ4v) is 3.77. The van der Waals surface area contributed by atoms with Gasteiger partial charge in [0.05, 0.1) is 0 Å². The zero-order chi connectivity index (χ0) is 28.0. The summed E-state index contributed by atoms with van der Waals surface area (Å²) in [5, 5.41) is 19.7. The number of benzene rings is 1. The van der Waals surface area contributed by atoms with E-state index in [1.807, 2.05) is 0 Å². The van der Waals surface area contributed by atoms with Crippen LogP contribution < -0.4 is 5.32 Å². The molecule has 0 aliphatic heterocycles. The van der Waals surface area contributed by atoms with E-state index in [2.05, 4.69) is 20.6 Å². The maximum Gasteiger partial charge on any atom is 0.459 e. The summed E-state index contributed by atoms with van der Waals surface area (Å²) in [4.78, 5) is 3.84. The number of nitrogens with one attached hydrogen (secondary N) is 1. The number of aryl methyl sites for hydroxylation is 1. The van der Waals surface area contributed by atoms with Gasteiger partial charge in [0.25, 0.3) is 0 Å². The molecule has 2 N–H and O–H groups in total. The van der Waals surface area contributed by atoms with Crippen molar-refractivity contribution in [3.63, 3.8) is 0 Å². The summed E-state index contributed by atoms with van der Waals surface area (Å²) in [6, 6.07) is 8.06. The fraction of sp³-hybridized carbons (Fsp3) is 0.227. The van der Waals surface area contributed by atoms with E-state index in [0.29, 0.717) is 5.69 Å². The maximum absolute atomic E-state index is 14.0. The number of rotatable bonds is 6. The topological polar surface area (TPSA) is 89.0 Å². The molecule has 1 atom stereocenters. The van der Waals surface area contributed by atoms with Gasteiger partial charge in [0.1, 0.15) is 17.0 Å². The molecule has 3 aromatic heterocycles. The Morgan fingerprint density at radius 3 is 2.26 bits per heavy atom. The van der Waals surface area contributed by atoms with Crippen LogP contribution in [-0.2, 0) is 19.1 Å². The van der Waals surface area contributed by atoms with Crippen molar-refractivity contribution < 1.29 is 44.8 Å². The van der Waals surface area contributed by atoms with Crippen molar-refractivity contribution in [2.45, 2.75) is 24.5 Å². The Balaban J connectivity index is 1.75. The van der Waals surface area contributed by atoms with Crippen LogP contribution in [0, 0.1) is 0 Å². The second-order valence-electron chi connectivity index (χ2n) is 7.86. The molecule has 38 heavy (non-hydrogen) atoms. The second kappa shape index (κ2) is 9.54. The maximum atomic E-state index is 14.0. The van der Waals surface area contributed by atoms with Gasteiger partial charge in [-0.25, -0.2) is 0 Å². The van der Waals surface area contributed by atoms with E-state index in [9.17, 15) is 40.2 Å². The summed E-state index contributed by atoms with van der Waals surface area (Å²) < 4.78 is 113. The predicted octanol–water partition coefficient (Wildman–Crippen LogP) is 6.57. The minimum absolute atomic E-state index is 0.104. The molecule has 3 heterocycles. The molecule has 0 spiro atoms. The second-order valence-corrected chi connectivity index (χ2v) is 8.27. The van der Waals surface area contributed by atoms with E-state index in [4.69, 9.17) is 16.1 Å². The van der Waals surface area contributed by atoms with Crippen LogP contribution in [0.3, 0.4) is 0 Å². The summed E-state index contributed by atoms with van der Waals surface area (Å²) in [5.41, 5.74) is -5.94. The Morgan fingerprint density at radius 2 is 1.66 bits per heavy atom. The molecule has 16 heteroatoms. The number of hydrogen-bond donors (Lipinski definition) is 2. The van der Waals surface area contributed by atoms with Gasteiger partial charge in [-0.05, 0) is 30.3 Å². The van der Waals surface area contributed by atoms with Crippen molar-refractivity contribution in [3.05, 3.63) is 70.6 Å². The molecule has 0 aliphatic rings. The predicted molar refractivity (Wildman–Crippen MR) is 117 cm³/mol. The van der Waals surface area contributed by atoms with Crippen molar-refractivity contribution >= 4 is 17.3 Å². The molecule has 4 aromatic rings. The summed E-state index contributed by atoms with van der Waals surface area (Å²) in [7, 11) is 0.760. The van der Waals surface area contributed by atoms with Crippen molar-refractivity contribution in [1.82, 2.24) is 19.9 Å². The monoisotopic (exact) mass is 567 g/mol. The van der Waals surface area contributed by atoms with E-state index in [0.717, 1.165) is 13.1 Å². The van der Waals surface area contributed by atoms with Crippen LogP contribution in [-0.4, -0.2) is 31.2 Å². The van der Waals surface area contributed by atoms with Gasteiger partial charge >= 0.3 is 18.3 Å². The average Bonchev–Trinajstić information content (AvgIpc) is 3.44. The van der Waals surface area contributed by atoms with Crippen LogP contribution in [0.5, 0.6) is 0 Å². The molecule has 4 rings (SSSR count). The number of aliphatic hydroxyl groups excluding tert-OH is 1. The number of aliphatic hydroxyl groups is 1. The van der Waals surface area contributed by atoms with E-state index in [-0.39, 0.29) is 26.6 Å². The van der Waals surface area contributed by atoms with Gasteiger partial charge in [-0.1, -0.05) is 16.8 Å². The molecule has 202 valence electrons. The van der Waals surface area contributed by atoms with Gasteiger partial charge in [0.15, 0.2) is 17.7 Å². The Kier molecular flexibility index (Phi) is 6.86. The summed E-state index contributed by atoms with van der Waals surface area (Å²) in [6.45, 7) is 0. The number of alkyl halides is 8. The van der Waals surface area contributed by atoms with Crippen LogP contribution >= 0.6 is 11.6 Å². The van der Waals surface area contributed by atoms with E-state index in [1.165, 1.54) is 30.6 Å². The smallest absolute Gasteiger partial charge is 0.369 e. The van der Waals surface area contributed by atoms with Gasteiger partial charge in [-0.15, -0.1) is 0 Å². The lowest BCUT2D eigenvalue weighted by Crippen LogP contribution is -2.36. The number of nitrogens with zero attached hydrogens (tertiary/aromatic N) is 4. The first-order valence-electron chi connectivity index (χ1n) is 10.3. The largest absolute Gasteiger partial charge is 0.459 e. The SMILES string of the molecule is Cn1nc(C(F)(F)C(F)(F)F)c(C(F)(F)F)c1-c1cc(-c2ccc(Cl)c(C(O)Nc3ccncc3)c2)on1. The average molecular weight is 568 g/mol. The first-order valence-corrected chi connectivity index (χ1v) is 10.7. The molecule has 0 bridgehead atoms. The molecule has 1 unspecified atom stereocenters. The third-order valence-electron chi connectivity index (χ3n) is 5.30. The van der Waals surface area contributed by atoms with Crippen LogP contribution in [0.2, 0.25) is 5.02 Å². The minimum atomic E-state index is -6.33. The molecule has 0 amide bonds. The fourth-order valence-electron chi connectivity index (χ4n) is 3.55. The molecule has 0 saturated heterocycles. The normalized spacial score (nSPS) is 13.6. The van der Waals surface area contributed by atoms with Crippen LogP contribution in [0.15, 0.2) is 53.3 Å². The number of halogens is 9. The Labute approximate surface area is 212 Å². The molecule has 1 aromatic carbocycles. The van der Waals surface area contributed by atoms with Gasteiger partial charge in [-0.3, -0.25) is 9.67 Å². The van der Waals surface area contributed by atoms with Crippen LogP contribution in [0.1, 0.15) is 23.0 Å². The molecule has 0 radical (unpaired) electrons. The Morgan fingerprint density at radius 1 is 1.00 bits per heavy atom. The van der Waals surface area contributed by atoms with Crippen molar-refractivity contribution in [2.75, 3.05) is 5.32 Å². The lowest BCUT2D eigenvalue weighted by Gasteiger charge is -2.19. The standard InChI is InChI=1S/C22H14ClF8N5O2/c1-36-17(16(21(26,27)28)18(34-36)20(24,25)22(29,30)31)14-9-15(38-35-14)10-2-3-13(23)12(8-10)19(37)33-11-4-6-32-7-5-11/h2-9,19,37H,1H3,(H,32,33). The highest BCUT2D eigenvalue weighted by molar-refractivity contribution is 6.31. The number of anilines is 1. The third-order valence-corrected chi connectivity index (χ3v) is 5.64. The van der Waals surface area contributed by atoms with Gasteiger partial charge in [-0.2, -0.15) is 40.2 Å². The third kappa shape index (κ3) is 5.03. The molecule has 0 aliphatic carbocycles. The minimum Gasteiger partial charge on any atom is -0.369 e. The van der Waals surface area contributed by atoms with Crippen molar-refractivity contribution in [1.29, 1.82) is 0 Å². The number of aromatic nitrogens is 4.